The number of methoxy groups -OCH3 is 1. The first-order valence-electron chi connectivity index (χ1n) is 7.46. The van der Waals surface area contributed by atoms with Crippen molar-refractivity contribution in [3.8, 4) is 11.5 Å². The second-order valence-corrected chi connectivity index (χ2v) is 6.07. The lowest BCUT2D eigenvalue weighted by atomic mass is 10.0. The summed E-state index contributed by atoms with van der Waals surface area (Å²) in [7, 11) is 1.56. The zero-order valence-corrected chi connectivity index (χ0v) is 15.2. The van der Waals surface area contributed by atoms with Gasteiger partial charge in [-0.15, -0.1) is 0 Å². The summed E-state index contributed by atoms with van der Waals surface area (Å²) in [6.07, 6.45) is -0.0759. The predicted molar refractivity (Wildman–Crippen MR) is 96.3 cm³/mol. The van der Waals surface area contributed by atoms with Crippen molar-refractivity contribution in [3.63, 3.8) is 0 Å². The summed E-state index contributed by atoms with van der Waals surface area (Å²) in [5.74, 6) is -0.0446. The van der Waals surface area contributed by atoms with Gasteiger partial charge in [0.2, 0.25) is 5.91 Å². The van der Waals surface area contributed by atoms with E-state index in [2.05, 4.69) is 5.32 Å². The van der Waals surface area contributed by atoms with Gasteiger partial charge in [0.05, 0.1) is 29.6 Å². The van der Waals surface area contributed by atoms with Crippen molar-refractivity contribution in [3.05, 3.63) is 58.1 Å². The minimum absolute atomic E-state index is 0.0759. The molecular weight excluding hydrogens is 365 g/mol. The number of carbonyl (C=O) groups is 2. The van der Waals surface area contributed by atoms with E-state index in [4.69, 9.17) is 32.7 Å². The average Bonchev–Trinajstić information content (AvgIpc) is 2.57. The van der Waals surface area contributed by atoms with E-state index in [0.717, 1.165) is 5.56 Å². The highest BCUT2D eigenvalue weighted by molar-refractivity contribution is 6.37. The molecule has 2 rings (SSSR count). The van der Waals surface area contributed by atoms with E-state index in [1.54, 1.807) is 49.6 Å². The van der Waals surface area contributed by atoms with Gasteiger partial charge in [0.1, 0.15) is 5.75 Å². The SMILES string of the molecule is COc1ccc(C(CC(=O)Oc2c(Cl)cccc2Cl)NC(C)=O)cc1. The molecular formula is C18H17Cl2NO4. The number of esters is 1. The first-order chi connectivity index (χ1) is 11.9. The highest BCUT2D eigenvalue weighted by atomic mass is 35.5. The lowest BCUT2D eigenvalue weighted by Gasteiger charge is -2.18. The standard InChI is InChI=1S/C18H17Cl2NO4/c1-11(22)21-16(12-6-8-13(24-2)9-7-12)10-17(23)25-18-14(19)4-3-5-15(18)20/h3-9,16H,10H2,1-2H3,(H,21,22). The lowest BCUT2D eigenvalue weighted by molar-refractivity contribution is -0.135. The van der Waals surface area contributed by atoms with Crippen molar-refractivity contribution in [1.29, 1.82) is 0 Å². The lowest BCUT2D eigenvalue weighted by Crippen LogP contribution is -2.29. The Balaban J connectivity index is 2.15. The van der Waals surface area contributed by atoms with Crippen LogP contribution in [-0.4, -0.2) is 19.0 Å². The Bertz CT molecular complexity index is 742. The number of amides is 1. The second-order valence-electron chi connectivity index (χ2n) is 5.26. The number of nitrogens with one attached hydrogen (secondary N) is 1. The zero-order valence-electron chi connectivity index (χ0n) is 13.7. The highest BCUT2D eigenvalue weighted by Gasteiger charge is 2.20. The summed E-state index contributed by atoms with van der Waals surface area (Å²) in [5, 5.41) is 3.21. The quantitative estimate of drug-likeness (QED) is 0.602. The van der Waals surface area contributed by atoms with Gasteiger partial charge in [0.15, 0.2) is 5.75 Å². The number of ether oxygens (including phenoxy) is 2. The van der Waals surface area contributed by atoms with Gasteiger partial charge in [-0.05, 0) is 29.8 Å². The molecule has 7 heteroatoms. The van der Waals surface area contributed by atoms with Crippen LogP contribution in [-0.2, 0) is 9.59 Å². The molecule has 5 nitrogen and oxygen atoms in total. The third kappa shape index (κ3) is 5.37. The monoisotopic (exact) mass is 381 g/mol. The van der Waals surface area contributed by atoms with Crippen LogP contribution in [0.1, 0.15) is 24.9 Å². The van der Waals surface area contributed by atoms with Crippen LogP contribution in [0.2, 0.25) is 10.0 Å². The molecule has 1 N–H and O–H groups in total. The Labute approximate surface area is 155 Å². The number of para-hydroxylation sites is 1. The number of hydrogen-bond acceptors (Lipinski definition) is 4. The van der Waals surface area contributed by atoms with Crippen LogP contribution in [0.3, 0.4) is 0 Å². The third-order valence-electron chi connectivity index (χ3n) is 3.40. The van der Waals surface area contributed by atoms with Gasteiger partial charge in [-0.3, -0.25) is 9.59 Å². The number of hydrogen-bond donors (Lipinski definition) is 1. The molecule has 0 fully saturated rings. The molecule has 0 spiro atoms. The molecule has 2 aromatic rings. The predicted octanol–water partition coefficient (Wildman–Crippen LogP) is 4.17. The van der Waals surface area contributed by atoms with Gasteiger partial charge in [0, 0.05) is 6.92 Å². The Kier molecular flexibility index (Phi) is 6.67. The van der Waals surface area contributed by atoms with Crippen LogP contribution in [0, 0.1) is 0 Å². The van der Waals surface area contributed by atoms with E-state index in [1.165, 1.54) is 6.92 Å². The Hall–Kier alpha value is -2.24. The summed E-state index contributed by atoms with van der Waals surface area (Å²) in [5.41, 5.74) is 0.748. The maximum absolute atomic E-state index is 12.3. The van der Waals surface area contributed by atoms with Crippen LogP contribution in [0.5, 0.6) is 11.5 Å². The van der Waals surface area contributed by atoms with Crippen LogP contribution in [0.4, 0.5) is 0 Å². The molecule has 0 radical (unpaired) electrons. The van der Waals surface area contributed by atoms with E-state index in [9.17, 15) is 9.59 Å². The van der Waals surface area contributed by atoms with Crippen molar-refractivity contribution in [1.82, 2.24) is 5.32 Å². The number of benzene rings is 2. The van der Waals surface area contributed by atoms with Crippen molar-refractivity contribution >= 4 is 35.1 Å². The summed E-state index contributed by atoms with van der Waals surface area (Å²) < 4.78 is 10.4. The maximum Gasteiger partial charge on any atom is 0.313 e. The van der Waals surface area contributed by atoms with Gasteiger partial charge in [-0.2, -0.15) is 0 Å². The van der Waals surface area contributed by atoms with Crippen molar-refractivity contribution in [2.24, 2.45) is 0 Å². The average molecular weight is 382 g/mol. The van der Waals surface area contributed by atoms with E-state index in [0.29, 0.717) is 5.75 Å². The molecule has 0 saturated heterocycles. The molecule has 0 aliphatic rings. The fraction of sp³-hybridized carbons (Fsp3) is 0.222. The Morgan fingerprint density at radius 1 is 1.08 bits per heavy atom. The van der Waals surface area contributed by atoms with Crippen LogP contribution in [0.25, 0.3) is 0 Å². The van der Waals surface area contributed by atoms with Crippen molar-refractivity contribution in [2.45, 2.75) is 19.4 Å². The summed E-state index contributed by atoms with van der Waals surface area (Å²) in [4.78, 5) is 23.8. The van der Waals surface area contributed by atoms with Crippen LogP contribution >= 0.6 is 23.2 Å². The van der Waals surface area contributed by atoms with E-state index < -0.39 is 12.0 Å². The Morgan fingerprint density at radius 2 is 1.68 bits per heavy atom. The molecule has 0 aliphatic heterocycles. The summed E-state index contributed by atoms with van der Waals surface area (Å²) in [6, 6.07) is 11.3. The van der Waals surface area contributed by atoms with Crippen molar-refractivity contribution < 1.29 is 19.1 Å². The molecule has 2 aromatic carbocycles. The van der Waals surface area contributed by atoms with Gasteiger partial charge >= 0.3 is 5.97 Å². The largest absolute Gasteiger partial charge is 0.497 e. The first kappa shape index (κ1) is 19.1. The molecule has 0 saturated carbocycles. The zero-order chi connectivity index (χ0) is 18.4. The molecule has 1 atom stereocenters. The summed E-state index contributed by atoms with van der Waals surface area (Å²) in [6.45, 7) is 1.38. The van der Waals surface area contributed by atoms with Crippen molar-refractivity contribution in [2.75, 3.05) is 7.11 Å². The molecule has 25 heavy (non-hydrogen) atoms. The molecule has 0 heterocycles. The molecule has 132 valence electrons. The smallest absolute Gasteiger partial charge is 0.313 e. The number of carbonyl (C=O) groups excluding carboxylic acids is 2. The fourth-order valence-electron chi connectivity index (χ4n) is 2.24. The molecule has 0 aliphatic carbocycles. The third-order valence-corrected chi connectivity index (χ3v) is 4.00. The molecule has 1 amide bonds. The highest BCUT2D eigenvalue weighted by Crippen LogP contribution is 2.33. The number of halogens is 2. The Morgan fingerprint density at radius 3 is 2.20 bits per heavy atom. The van der Waals surface area contributed by atoms with Gasteiger partial charge in [-0.1, -0.05) is 41.4 Å². The van der Waals surface area contributed by atoms with Gasteiger partial charge in [0.25, 0.3) is 0 Å². The maximum atomic E-state index is 12.3. The topological polar surface area (TPSA) is 64.6 Å². The van der Waals surface area contributed by atoms with E-state index in [-0.39, 0.29) is 28.1 Å². The first-order valence-corrected chi connectivity index (χ1v) is 8.22. The minimum atomic E-state index is -0.565. The van der Waals surface area contributed by atoms with Gasteiger partial charge in [-0.25, -0.2) is 0 Å². The second kappa shape index (κ2) is 8.74. The molecule has 0 bridgehead atoms. The number of rotatable bonds is 6. The minimum Gasteiger partial charge on any atom is -0.497 e. The van der Waals surface area contributed by atoms with Gasteiger partial charge < -0.3 is 14.8 Å². The fourth-order valence-corrected chi connectivity index (χ4v) is 2.71. The van der Waals surface area contributed by atoms with Crippen LogP contribution < -0.4 is 14.8 Å². The summed E-state index contributed by atoms with van der Waals surface area (Å²) >= 11 is 12.0. The molecule has 1 unspecified atom stereocenters. The van der Waals surface area contributed by atoms with Crippen LogP contribution in [0.15, 0.2) is 42.5 Å². The van der Waals surface area contributed by atoms with E-state index >= 15 is 0 Å². The molecule has 0 aromatic heterocycles. The van der Waals surface area contributed by atoms with E-state index in [1.807, 2.05) is 0 Å². The normalized spacial score (nSPS) is 11.5.